The molecule has 2 atom stereocenters. The van der Waals surface area contributed by atoms with Crippen molar-refractivity contribution in [3.8, 4) is 11.5 Å². The van der Waals surface area contributed by atoms with Gasteiger partial charge in [-0.3, -0.25) is 4.79 Å². The minimum absolute atomic E-state index is 0.152. The van der Waals surface area contributed by atoms with E-state index in [-0.39, 0.29) is 24.6 Å². The predicted molar refractivity (Wildman–Crippen MR) is 105 cm³/mol. The van der Waals surface area contributed by atoms with E-state index in [4.69, 9.17) is 19.6 Å². The molecule has 3 N–H and O–H groups in total. The van der Waals surface area contributed by atoms with Crippen LogP contribution in [0.1, 0.15) is 48.4 Å². The minimum atomic E-state index is -0.152. The van der Waals surface area contributed by atoms with Gasteiger partial charge in [0.05, 0.1) is 7.11 Å². The Kier molecular flexibility index (Phi) is 5.57. The lowest BCUT2D eigenvalue weighted by molar-refractivity contribution is 0.0729. The molecular weight excluding hydrogens is 356 g/mol. The molecule has 28 heavy (non-hydrogen) atoms. The summed E-state index contributed by atoms with van der Waals surface area (Å²) >= 11 is 0. The van der Waals surface area contributed by atoms with Crippen LogP contribution >= 0.6 is 0 Å². The van der Waals surface area contributed by atoms with Crippen molar-refractivity contribution in [3.05, 3.63) is 47.9 Å². The van der Waals surface area contributed by atoms with E-state index in [2.05, 4.69) is 5.32 Å². The number of hydrogen-bond donors (Lipinski definition) is 2. The Bertz CT molecular complexity index is 804. The second-order valence-electron chi connectivity index (χ2n) is 7.89. The summed E-state index contributed by atoms with van der Waals surface area (Å²) in [6.45, 7) is 0.233. The molecule has 1 heterocycles. The molecule has 2 aliphatic rings. The Labute approximate surface area is 165 Å². The van der Waals surface area contributed by atoms with Crippen molar-refractivity contribution in [3.63, 3.8) is 0 Å². The van der Waals surface area contributed by atoms with Crippen molar-refractivity contribution in [2.75, 3.05) is 7.11 Å². The van der Waals surface area contributed by atoms with Crippen LogP contribution in [0.3, 0.4) is 0 Å². The Morgan fingerprint density at radius 2 is 1.86 bits per heavy atom. The van der Waals surface area contributed by atoms with E-state index in [0.29, 0.717) is 34.9 Å². The highest BCUT2D eigenvalue weighted by molar-refractivity contribution is 5.91. The van der Waals surface area contributed by atoms with Crippen LogP contribution in [0.15, 0.2) is 40.8 Å². The third kappa shape index (κ3) is 4.02. The molecule has 1 aromatic carbocycles. The third-order valence-electron chi connectivity index (χ3n) is 6.00. The molecule has 2 bridgehead atoms. The quantitative estimate of drug-likeness (QED) is 0.796. The maximum Gasteiger partial charge on any atom is 0.287 e. The molecule has 2 unspecified atom stereocenters. The molecular formula is C22H28N2O4. The largest absolute Gasteiger partial charge is 0.493 e. The monoisotopic (exact) mass is 384 g/mol. The van der Waals surface area contributed by atoms with E-state index in [9.17, 15) is 4.79 Å². The van der Waals surface area contributed by atoms with Gasteiger partial charge < -0.3 is 24.9 Å². The van der Waals surface area contributed by atoms with Crippen LogP contribution in [0.5, 0.6) is 11.5 Å². The van der Waals surface area contributed by atoms with Crippen LogP contribution in [0.25, 0.3) is 0 Å². The minimum Gasteiger partial charge on any atom is -0.493 e. The standard InChI is InChI=1S/C22H28N2O4/c1-26-18-7-2-3-8-19(18)27-13-17-9-10-20(28-17)22(25)24-21-14-5-4-6-15(21)12-16(23)11-14/h2-3,7-10,14-16,21H,4-6,11-13,23H2,1H3,(H,24,25). The number of benzene rings is 1. The summed E-state index contributed by atoms with van der Waals surface area (Å²) < 4.78 is 16.8. The van der Waals surface area contributed by atoms with Gasteiger partial charge in [0.2, 0.25) is 0 Å². The van der Waals surface area contributed by atoms with Gasteiger partial charge in [0.25, 0.3) is 5.91 Å². The van der Waals surface area contributed by atoms with Gasteiger partial charge in [-0.1, -0.05) is 18.6 Å². The molecule has 2 aliphatic carbocycles. The molecule has 0 aliphatic heterocycles. The van der Waals surface area contributed by atoms with E-state index in [1.54, 1.807) is 19.2 Å². The van der Waals surface area contributed by atoms with E-state index in [0.717, 1.165) is 25.7 Å². The molecule has 0 radical (unpaired) electrons. The molecule has 6 nitrogen and oxygen atoms in total. The second kappa shape index (κ2) is 8.27. The molecule has 2 fully saturated rings. The number of ether oxygens (including phenoxy) is 2. The molecule has 2 saturated carbocycles. The highest BCUT2D eigenvalue weighted by Crippen LogP contribution is 2.39. The van der Waals surface area contributed by atoms with Gasteiger partial charge in [-0.25, -0.2) is 0 Å². The van der Waals surface area contributed by atoms with Gasteiger partial charge in [0.1, 0.15) is 12.4 Å². The average molecular weight is 384 g/mol. The smallest absolute Gasteiger partial charge is 0.287 e. The predicted octanol–water partition coefficient (Wildman–Crippen LogP) is 3.50. The number of rotatable bonds is 6. The van der Waals surface area contributed by atoms with Crippen molar-refractivity contribution in [2.45, 2.75) is 50.8 Å². The molecule has 4 rings (SSSR count). The molecule has 0 saturated heterocycles. The van der Waals surface area contributed by atoms with Gasteiger partial charge in [-0.2, -0.15) is 0 Å². The SMILES string of the molecule is COc1ccccc1OCc1ccc(C(=O)NC2C3CCCC2CC(N)C3)o1. The van der Waals surface area contributed by atoms with Crippen molar-refractivity contribution < 1.29 is 18.7 Å². The van der Waals surface area contributed by atoms with Crippen LogP contribution in [0.2, 0.25) is 0 Å². The van der Waals surface area contributed by atoms with Crippen molar-refractivity contribution in [1.29, 1.82) is 0 Å². The van der Waals surface area contributed by atoms with Crippen molar-refractivity contribution in [1.82, 2.24) is 5.32 Å². The van der Waals surface area contributed by atoms with Gasteiger partial charge in [0.15, 0.2) is 17.3 Å². The van der Waals surface area contributed by atoms with Gasteiger partial charge in [-0.15, -0.1) is 0 Å². The van der Waals surface area contributed by atoms with E-state index >= 15 is 0 Å². The van der Waals surface area contributed by atoms with Crippen molar-refractivity contribution in [2.24, 2.45) is 17.6 Å². The summed E-state index contributed by atoms with van der Waals surface area (Å²) in [6.07, 6.45) is 5.52. The first-order valence-electron chi connectivity index (χ1n) is 10.0. The zero-order chi connectivity index (χ0) is 19.5. The fourth-order valence-electron chi connectivity index (χ4n) is 4.71. The average Bonchev–Trinajstić information content (AvgIpc) is 3.16. The van der Waals surface area contributed by atoms with E-state index in [1.807, 2.05) is 24.3 Å². The number of fused-ring (bicyclic) bond motifs is 2. The Morgan fingerprint density at radius 3 is 2.57 bits per heavy atom. The normalized spacial score (nSPS) is 26.5. The maximum absolute atomic E-state index is 12.7. The number of methoxy groups -OCH3 is 1. The molecule has 150 valence electrons. The summed E-state index contributed by atoms with van der Waals surface area (Å²) in [6, 6.07) is 11.4. The van der Waals surface area contributed by atoms with Crippen LogP contribution < -0.4 is 20.5 Å². The molecule has 0 spiro atoms. The Hall–Kier alpha value is -2.47. The number of hydrogen-bond acceptors (Lipinski definition) is 5. The number of furan rings is 1. The Balaban J connectivity index is 1.37. The molecule has 2 aromatic rings. The molecule has 6 heteroatoms. The van der Waals surface area contributed by atoms with Gasteiger partial charge in [-0.05, 0) is 61.8 Å². The summed E-state index contributed by atoms with van der Waals surface area (Å²) in [7, 11) is 1.60. The number of nitrogens with two attached hydrogens (primary N) is 1. The first-order valence-corrected chi connectivity index (χ1v) is 10.0. The first kappa shape index (κ1) is 18.9. The van der Waals surface area contributed by atoms with Crippen molar-refractivity contribution >= 4 is 5.91 Å². The number of nitrogens with one attached hydrogen (secondary N) is 1. The van der Waals surface area contributed by atoms with Gasteiger partial charge >= 0.3 is 0 Å². The van der Waals surface area contributed by atoms with Crippen LogP contribution in [-0.2, 0) is 6.61 Å². The fraction of sp³-hybridized carbons (Fsp3) is 0.500. The Morgan fingerprint density at radius 1 is 1.14 bits per heavy atom. The van der Waals surface area contributed by atoms with Gasteiger partial charge in [0, 0.05) is 12.1 Å². The lowest BCUT2D eigenvalue weighted by atomic mass is 9.67. The van der Waals surface area contributed by atoms with E-state index in [1.165, 1.54) is 6.42 Å². The first-order chi connectivity index (χ1) is 13.6. The lowest BCUT2D eigenvalue weighted by Crippen LogP contribution is -2.53. The zero-order valence-electron chi connectivity index (χ0n) is 16.2. The number of amides is 1. The summed E-state index contributed by atoms with van der Waals surface area (Å²) in [5, 5.41) is 3.21. The number of carbonyl (C=O) groups is 1. The molecule has 1 aromatic heterocycles. The molecule has 1 amide bonds. The fourth-order valence-corrected chi connectivity index (χ4v) is 4.71. The third-order valence-corrected chi connectivity index (χ3v) is 6.00. The van der Waals surface area contributed by atoms with Crippen LogP contribution in [0.4, 0.5) is 0 Å². The topological polar surface area (TPSA) is 86.7 Å². The van der Waals surface area contributed by atoms with E-state index < -0.39 is 0 Å². The summed E-state index contributed by atoms with van der Waals surface area (Å²) in [5.41, 5.74) is 6.18. The highest BCUT2D eigenvalue weighted by atomic mass is 16.5. The number of carbonyl (C=O) groups excluding carboxylic acids is 1. The second-order valence-corrected chi connectivity index (χ2v) is 7.89. The van der Waals surface area contributed by atoms with Crippen LogP contribution in [-0.4, -0.2) is 25.1 Å². The summed E-state index contributed by atoms with van der Waals surface area (Å²) in [4.78, 5) is 12.7. The lowest BCUT2D eigenvalue weighted by Gasteiger charge is -2.45. The summed E-state index contributed by atoms with van der Waals surface area (Å²) in [5.74, 6) is 3.03. The van der Waals surface area contributed by atoms with Crippen LogP contribution in [0, 0.1) is 11.8 Å². The highest BCUT2D eigenvalue weighted by Gasteiger charge is 2.40. The maximum atomic E-state index is 12.7. The number of para-hydroxylation sites is 2. The zero-order valence-corrected chi connectivity index (χ0v) is 16.2.